The quantitative estimate of drug-likeness (QED) is 0.634. The second kappa shape index (κ2) is 7.68. The Hall–Kier alpha value is -3.36. The van der Waals surface area contributed by atoms with Gasteiger partial charge in [0.05, 0.1) is 13.7 Å². The van der Waals surface area contributed by atoms with Crippen LogP contribution in [-0.4, -0.2) is 36.2 Å². The fourth-order valence-corrected chi connectivity index (χ4v) is 2.53. The Balaban J connectivity index is 1.49. The van der Waals surface area contributed by atoms with Crippen LogP contribution in [0.4, 0.5) is 4.79 Å². The van der Waals surface area contributed by atoms with Crippen LogP contribution in [0.15, 0.2) is 34.9 Å². The molecule has 3 N–H and O–H groups in total. The fraction of sp³-hybridized carbons (Fsp3) is 0.294. The van der Waals surface area contributed by atoms with Gasteiger partial charge in [0.2, 0.25) is 5.91 Å². The predicted octanol–water partition coefficient (Wildman–Crippen LogP) is 0.955. The van der Waals surface area contributed by atoms with E-state index in [4.69, 9.17) is 9.26 Å². The third-order valence-corrected chi connectivity index (χ3v) is 3.90. The summed E-state index contributed by atoms with van der Waals surface area (Å²) in [7, 11) is 1.59. The summed E-state index contributed by atoms with van der Waals surface area (Å²) in [5.74, 6) is 0.547. The first-order chi connectivity index (χ1) is 12.5. The van der Waals surface area contributed by atoms with Crippen molar-refractivity contribution in [1.82, 2.24) is 21.1 Å². The zero-order valence-corrected chi connectivity index (χ0v) is 14.1. The summed E-state index contributed by atoms with van der Waals surface area (Å²) < 4.78 is 10.4. The van der Waals surface area contributed by atoms with E-state index in [0.717, 1.165) is 5.56 Å². The van der Waals surface area contributed by atoms with E-state index in [0.29, 0.717) is 17.2 Å². The molecule has 0 spiro atoms. The number of nitrogens with one attached hydrogen (secondary N) is 3. The molecular weight excluding hydrogens is 340 g/mol. The first kappa shape index (κ1) is 17.5. The van der Waals surface area contributed by atoms with Crippen molar-refractivity contribution in [2.45, 2.75) is 25.4 Å². The van der Waals surface area contributed by atoms with E-state index in [9.17, 15) is 14.4 Å². The highest BCUT2D eigenvalue weighted by Gasteiger charge is 2.29. The van der Waals surface area contributed by atoms with Gasteiger partial charge < -0.3 is 19.9 Å². The molecule has 0 bridgehead atoms. The van der Waals surface area contributed by atoms with E-state index in [2.05, 4.69) is 21.1 Å². The van der Waals surface area contributed by atoms with E-state index >= 15 is 0 Å². The number of amides is 4. The van der Waals surface area contributed by atoms with Crippen molar-refractivity contribution in [3.05, 3.63) is 36.1 Å². The van der Waals surface area contributed by atoms with Crippen LogP contribution in [0.2, 0.25) is 0 Å². The fourth-order valence-electron chi connectivity index (χ4n) is 2.53. The number of methoxy groups -OCH3 is 1. The normalized spacial score (nSPS) is 16.1. The van der Waals surface area contributed by atoms with Crippen molar-refractivity contribution in [3.63, 3.8) is 0 Å². The number of hydrogen-bond acceptors (Lipinski definition) is 6. The molecule has 9 heteroatoms. The van der Waals surface area contributed by atoms with Crippen molar-refractivity contribution in [2.75, 3.05) is 7.11 Å². The first-order valence-electron chi connectivity index (χ1n) is 8.03. The molecule has 2 aromatic rings. The van der Waals surface area contributed by atoms with Crippen LogP contribution in [-0.2, 0) is 16.1 Å². The summed E-state index contributed by atoms with van der Waals surface area (Å²) >= 11 is 0. The molecule has 1 aliphatic heterocycles. The summed E-state index contributed by atoms with van der Waals surface area (Å²) in [6.07, 6.45) is 0.337. The highest BCUT2D eigenvalue weighted by atomic mass is 16.5. The lowest BCUT2D eigenvalue weighted by atomic mass is 10.1. The van der Waals surface area contributed by atoms with Gasteiger partial charge in [0.15, 0.2) is 5.76 Å². The molecule has 1 aromatic carbocycles. The van der Waals surface area contributed by atoms with Gasteiger partial charge in [0.25, 0.3) is 5.91 Å². The maximum atomic E-state index is 11.9. The minimum absolute atomic E-state index is 0.106. The Kier molecular flexibility index (Phi) is 5.16. The van der Waals surface area contributed by atoms with Gasteiger partial charge in [-0.05, 0) is 18.6 Å². The maximum Gasteiger partial charge on any atom is 0.322 e. The summed E-state index contributed by atoms with van der Waals surface area (Å²) in [5.41, 5.74) is 1.48. The predicted molar refractivity (Wildman–Crippen MR) is 90.0 cm³/mol. The maximum absolute atomic E-state index is 11.9. The van der Waals surface area contributed by atoms with E-state index in [-0.39, 0.29) is 25.3 Å². The lowest BCUT2D eigenvalue weighted by Gasteiger charge is -2.06. The van der Waals surface area contributed by atoms with Crippen LogP contribution in [0.1, 0.15) is 18.6 Å². The Morgan fingerprint density at radius 2 is 2.19 bits per heavy atom. The molecule has 1 atom stereocenters. The molecule has 2 heterocycles. The Morgan fingerprint density at radius 3 is 2.92 bits per heavy atom. The van der Waals surface area contributed by atoms with Gasteiger partial charge in [-0.2, -0.15) is 0 Å². The van der Waals surface area contributed by atoms with Gasteiger partial charge >= 0.3 is 6.03 Å². The lowest BCUT2D eigenvalue weighted by molar-refractivity contribution is -0.122. The first-order valence-corrected chi connectivity index (χ1v) is 8.03. The van der Waals surface area contributed by atoms with Crippen LogP contribution >= 0.6 is 0 Å². The average Bonchev–Trinajstić information content (AvgIpc) is 3.24. The molecule has 1 aliphatic rings. The van der Waals surface area contributed by atoms with Crippen molar-refractivity contribution in [3.8, 4) is 17.0 Å². The molecule has 1 aromatic heterocycles. The third kappa shape index (κ3) is 4.18. The second-order valence-corrected chi connectivity index (χ2v) is 5.74. The van der Waals surface area contributed by atoms with Gasteiger partial charge in [-0.15, -0.1) is 0 Å². The SMILES string of the molecule is COc1cccc(-c2cc(CNC(=O)CCC3NC(=O)NC3=O)on2)c1. The molecule has 1 fully saturated rings. The van der Waals surface area contributed by atoms with E-state index in [1.54, 1.807) is 13.2 Å². The Morgan fingerprint density at radius 1 is 1.35 bits per heavy atom. The van der Waals surface area contributed by atoms with E-state index in [1.165, 1.54) is 0 Å². The lowest BCUT2D eigenvalue weighted by Crippen LogP contribution is -2.31. The molecule has 0 aliphatic carbocycles. The average molecular weight is 358 g/mol. The van der Waals surface area contributed by atoms with Gasteiger partial charge in [0.1, 0.15) is 17.5 Å². The smallest absolute Gasteiger partial charge is 0.322 e. The number of imide groups is 1. The van der Waals surface area contributed by atoms with Gasteiger partial charge in [-0.1, -0.05) is 17.3 Å². The molecule has 9 nitrogen and oxygen atoms in total. The van der Waals surface area contributed by atoms with Crippen molar-refractivity contribution in [2.24, 2.45) is 0 Å². The van der Waals surface area contributed by atoms with Gasteiger partial charge in [-0.25, -0.2) is 4.79 Å². The van der Waals surface area contributed by atoms with Gasteiger partial charge in [0, 0.05) is 18.1 Å². The summed E-state index contributed by atoms with van der Waals surface area (Å²) in [5, 5.41) is 11.2. The summed E-state index contributed by atoms with van der Waals surface area (Å²) in [6.45, 7) is 0.180. The monoisotopic (exact) mass is 358 g/mol. The van der Waals surface area contributed by atoms with E-state index < -0.39 is 18.0 Å². The van der Waals surface area contributed by atoms with Crippen LogP contribution in [0.25, 0.3) is 11.3 Å². The van der Waals surface area contributed by atoms with Crippen LogP contribution in [0, 0.1) is 0 Å². The zero-order valence-electron chi connectivity index (χ0n) is 14.1. The molecule has 3 rings (SSSR count). The molecule has 4 amide bonds. The largest absolute Gasteiger partial charge is 0.497 e. The number of benzene rings is 1. The minimum Gasteiger partial charge on any atom is -0.497 e. The van der Waals surface area contributed by atoms with Crippen molar-refractivity contribution in [1.29, 1.82) is 0 Å². The number of urea groups is 1. The highest BCUT2D eigenvalue weighted by Crippen LogP contribution is 2.23. The van der Waals surface area contributed by atoms with Crippen LogP contribution in [0.5, 0.6) is 5.75 Å². The molecule has 136 valence electrons. The van der Waals surface area contributed by atoms with E-state index in [1.807, 2.05) is 24.3 Å². The zero-order chi connectivity index (χ0) is 18.5. The molecule has 26 heavy (non-hydrogen) atoms. The van der Waals surface area contributed by atoms with Crippen LogP contribution in [0.3, 0.4) is 0 Å². The molecule has 1 unspecified atom stereocenters. The van der Waals surface area contributed by atoms with Gasteiger partial charge in [-0.3, -0.25) is 14.9 Å². The highest BCUT2D eigenvalue weighted by molar-refractivity contribution is 6.04. The molecule has 0 saturated carbocycles. The number of carbonyl (C=O) groups excluding carboxylic acids is 3. The molecule has 1 saturated heterocycles. The topological polar surface area (TPSA) is 123 Å². The number of hydrogen-bond donors (Lipinski definition) is 3. The summed E-state index contributed by atoms with van der Waals surface area (Å²) in [4.78, 5) is 34.3. The van der Waals surface area contributed by atoms with Crippen molar-refractivity contribution >= 4 is 17.8 Å². The number of carbonyl (C=O) groups is 3. The minimum atomic E-state index is -0.668. The number of nitrogens with zero attached hydrogens (tertiary/aromatic N) is 1. The summed E-state index contributed by atoms with van der Waals surface area (Å²) in [6, 6.07) is 7.93. The number of ether oxygens (including phenoxy) is 1. The standard InChI is InChI=1S/C17H18N4O5/c1-25-11-4-2-3-10(7-11)14-8-12(26-21-14)9-18-15(22)6-5-13-16(23)20-17(24)19-13/h2-4,7-8,13H,5-6,9H2,1H3,(H,18,22)(H2,19,20,23,24). The number of aromatic nitrogens is 1. The molecular formula is C17H18N4O5. The van der Waals surface area contributed by atoms with Crippen molar-refractivity contribution < 1.29 is 23.6 Å². The third-order valence-electron chi connectivity index (χ3n) is 3.90. The Bertz CT molecular complexity index is 832. The Labute approximate surface area is 149 Å². The van der Waals surface area contributed by atoms with Crippen LogP contribution < -0.4 is 20.7 Å². The molecule has 0 radical (unpaired) electrons. The number of rotatable bonds is 7. The second-order valence-electron chi connectivity index (χ2n) is 5.74.